The molecule has 3 heterocycles. The molecule has 8 rings (SSSR count). The number of aromatic amines is 1. The fourth-order valence-corrected chi connectivity index (χ4v) is 11.1. The van der Waals surface area contributed by atoms with Crippen molar-refractivity contribution >= 4 is 52.2 Å². The molecular weight excluding hydrogens is 645 g/mol. The molecular formula is C33H24ClF3N2O4S2. The van der Waals surface area contributed by atoms with Gasteiger partial charge in [0.2, 0.25) is 11.8 Å². The number of amides is 2. The summed E-state index contributed by atoms with van der Waals surface area (Å²) in [5, 5.41) is 1.14. The summed E-state index contributed by atoms with van der Waals surface area (Å²) in [5.41, 5.74) is 0.814. The highest BCUT2D eigenvalue weighted by atomic mass is 35.5. The molecule has 1 N–H and O–H groups in total. The number of rotatable bonds is 5. The van der Waals surface area contributed by atoms with E-state index in [1.54, 1.807) is 6.07 Å². The lowest BCUT2D eigenvalue weighted by Crippen LogP contribution is -2.42. The number of anilines is 1. The molecule has 3 fully saturated rings. The molecule has 12 heteroatoms. The van der Waals surface area contributed by atoms with Gasteiger partial charge in [0.1, 0.15) is 12.4 Å². The van der Waals surface area contributed by atoms with Crippen LogP contribution in [-0.4, -0.2) is 22.0 Å². The SMILES string of the molecule is O=C1C2C(C(=O)N1c1cccc(C(F)(F)F)c1)[C@@H]1C[C@H]2C2Sc3[nH]c(=O)sc3C(c3cc(Cl)ccc3OCc3ccccc3)C21. The highest BCUT2D eigenvalue weighted by Gasteiger charge is 2.70. The number of carbonyl (C=O) groups is 2. The molecule has 0 radical (unpaired) electrons. The minimum Gasteiger partial charge on any atom is -0.489 e. The lowest BCUT2D eigenvalue weighted by molar-refractivity contribution is -0.137. The third-order valence-electron chi connectivity index (χ3n) is 9.70. The Hall–Kier alpha value is -3.54. The number of nitrogens with zero attached hydrogens (tertiary/aromatic N) is 1. The monoisotopic (exact) mass is 668 g/mol. The second-order valence-electron chi connectivity index (χ2n) is 12.0. The van der Waals surface area contributed by atoms with Crippen LogP contribution in [0.5, 0.6) is 5.75 Å². The zero-order valence-corrected chi connectivity index (χ0v) is 25.7. The first-order valence-electron chi connectivity index (χ1n) is 14.5. The number of hydrogen-bond donors (Lipinski definition) is 1. The van der Waals surface area contributed by atoms with Gasteiger partial charge in [-0.25, -0.2) is 0 Å². The lowest BCUT2D eigenvalue weighted by atomic mass is 9.68. The van der Waals surface area contributed by atoms with E-state index in [0.717, 1.165) is 49.4 Å². The van der Waals surface area contributed by atoms with Crippen LogP contribution in [0.2, 0.25) is 5.02 Å². The first-order valence-corrected chi connectivity index (χ1v) is 16.6. The Morgan fingerprint density at radius 2 is 1.69 bits per heavy atom. The van der Waals surface area contributed by atoms with Crippen LogP contribution < -0.4 is 14.5 Å². The van der Waals surface area contributed by atoms with E-state index in [0.29, 0.717) is 23.8 Å². The molecule has 7 atom stereocenters. The number of aromatic nitrogens is 1. The van der Waals surface area contributed by atoms with Crippen molar-refractivity contribution < 1.29 is 27.5 Å². The Morgan fingerprint density at radius 1 is 0.933 bits per heavy atom. The number of carbonyl (C=O) groups excluding carboxylic acids is 2. The fourth-order valence-electron chi connectivity index (χ4n) is 8.07. The number of imide groups is 1. The number of thioether (sulfide) groups is 1. The van der Waals surface area contributed by atoms with Gasteiger partial charge in [-0.15, -0.1) is 11.8 Å². The van der Waals surface area contributed by atoms with Gasteiger partial charge in [0, 0.05) is 26.6 Å². The van der Waals surface area contributed by atoms with Crippen LogP contribution >= 0.6 is 34.7 Å². The van der Waals surface area contributed by atoms with Crippen LogP contribution in [-0.2, 0) is 22.4 Å². The zero-order chi connectivity index (χ0) is 31.2. The van der Waals surface area contributed by atoms with E-state index in [4.69, 9.17) is 16.3 Å². The number of alkyl halides is 3. The van der Waals surface area contributed by atoms with Crippen LogP contribution in [0.15, 0.2) is 82.6 Å². The van der Waals surface area contributed by atoms with Crippen molar-refractivity contribution in [2.24, 2.45) is 29.6 Å². The predicted octanol–water partition coefficient (Wildman–Crippen LogP) is 7.37. The summed E-state index contributed by atoms with van der Waals surface area (Å²) in [6.07, 6.45) is -3.97. The average Bonchev–Trinajstić information content (AvgIpc) is 3.75. The first-order chi connectivity index (χ1) is 21.6. The number of nitrogens with one attached hydrogen (secondary N) is 1. The minimum absolute atomic E-state index is 0.0596. The predicted molar refractivity (Wildman–Crippen MR) is 165 cm³/mol. The van der Waals surface area contributed by atoms with Crippen LogP contribution in [0, 0.1) is 29.6 Å². The van der Waals surface area contributed by atoms with Crippen LogP contribution in [0.1, 0.15) is 33.9 Å². The van der Waals surface area contributed by atoms with Gasteiger partial charge in [0.15, 0.2) is 0 Å². The average molecular weight is 669 g/mol. The summed E-state index contributed by atoms with van der Waals surface area (Å²) in [6.45, 7) is 0.316. The molecule has 2 aliphatic heterocycles. The van der Waals surface area contributed by atoms with Crippen molar-refractivity contribution in [3.05, 3.63) is 109 Å². The number of benzene rings is 3. The van der Waals surface area contributed by atoms with Crippen molar-refractivity contribution in [1.29, 1.82) is 0 Å². The largest absolute Gasteiger partial charge is 0.489 e. The normalized spacial score (nSPS) is 28.3. The van der Waals surface area contributed by atoms with E-state index in [9.17, 15) is 27.6 Å². The second kappa shape index (κ2) is 10.5. The molecule has 2 saturated carbocycles. The van der Waals surface area contributed by atoms with Crippen molar-refractivity contribution in [2.75, 3.05) is 4.90 Å². The third kappa shape index (κ3) is 4.57. The van der Waals surface area contributed by atoms with Crippen LogP contribution in [0.3, 0.4) is 0 Å². The molecule has 45 heavy (non-hydrogen) atoms. The van der Waals surface area contributed by atoms with Crippen molar-refractivity contribution in [3.63, 3.8) is 0 Å². The molecule has 3 aromatic carbocycles. The van der Waals surface area contributed by atoms with Gasteiger partial charge in [-0.2, -0.15) is 13.2 Å². The highest BCUT2D eigenvalue weighted by Crippen LogP contribution is 2.69. The topological polar surface area (TPSA) is 79.5 Å². The molecule has 2 bridgehead atoms. The van der Waals surface area contributed by atoms with Gasteiger partial charge >= 0.3 is 11.0 Å². The number of ether oxygens (including phenoxy) is 1. The molecule has 2 aliphatic carbocycles. The van der Waals surface area contributed by atoms with Crippen molar-refractivity contribution in [2.45, 2.75) is 35.4 Å². The van der Waals surface area contributed by atoms with E-state index in [1.807, 2.05) is 42.5 Å². The first kappa shape index (κ1) is 28.9. The third-order valence-corrected chi connectivity index (χ3v) is 12.5. The van der Waals surface area contributed by atoms with Gasteiger partial charge in [0.05, 0.1) is 28.1 Å². The summed E-state index contributed by atoms with van der Waals surface area (Å²) in [6, 6.07) is 19.6. The highest BCUT2D eigenvalue weighted by molar-refractivity contribution is 8.00. The van der Waals surface area contributed by atoms with Crippen LogP contribution in [0.25, 0.3) is 0 Å². The molecule has 4 aromatic rings. The maximum Gasteiger partial charge on any atom is 0.416 e. The Bertz CT molecular complexity index is 1910. The van der Waals surface area contributed by atoms with E-state index in [1.165, 1.54) is 23.9 Å². The molecule has 1 saturated heterocycles. The van der Waals surface area contributed by atoms with Crippen molar-refractivity contribution in [1.82, 2.24) is 4.98 Å². The molecule has 2 amide bonds. The number of fused-ring (bicyclic) bond motifs is 9. The Balaban J connectivity index is 1.19. The van der Waals surface area contributed by atoms with Crippen molar-refractivity contribution in [3.8, 4) is 5.75 Å². The number of halogens is 4. The van der Waals surface area contributed by atoms with Gasteiger partial charge in [-0.3, -0.25) is 19.3 Å². The number of hydrogen-bond acceptors (Lipinski definition) is 6. The summed E-state index contributed by atoms with van der Waals surface area (Å²) in [4.78, 5) is 45.2. The molecule has 1 aromatic heterocycles. The molecule has 6 nitrogen and oxygen atoms in total. The summed E-state index contributed by atoms with van der Waals surface area (Å²) >= 11 is 9.22. The lowest BCUT2D eigenvalue weighted by Gasteiger charge is -2.43. The van der Waals surface area contributed by atoms with Gasteiger partial charge in [-0.05, 0) is 66.1 Å². The van der Waals surface area contributed by atoms with E-state index >= 15 is 0 Å². The maximum absolute atomic E-state index is 14.0. The molecule has 0 spiro atoms. The Kier molecular flexibility index (Phi) is 6.74. The summed E-state index contributed by atoms with van der Waals surface area (Å²) < 4.78 is 46.9. The number of thiazole rings is 1. The van der Waals surface area contributed by atoms with Gasteiger partial charge in [-0.1, -0.05) is 59.3 Å². The molecule has 4 aliphatic rings. The van der Waals surface area contributed by atoms with E-state index < -0.39 is 35.4 Å². The van der Waals surface area contributed by atoms with E-state index in [2.05, 4.69) is 4.98 Å². The quantitative estimate of drug-likeness (QED) is 0.225. The zero-order valence-electron chi connectivity index (χ0n) is 23.3. The summed E-state index contributed by atoms with van der Waals surface area (Å²) in [7, 11) is 0. The smallest absolute Gasteiger partial charge is 0.416 e. The fraction of sp³-hybridized carbons (Fsp3) is 0.303. The summed E-state index contributed by atoms with van der Waals surface area (Å²) in [5.74, 6) is -2.46. The Labute approximate surface area is 268 Å². The van der Waals surface area contributed by atoms with E-state index in [-0.39, 0.29) is 39.5 Å². The molecule has 5 unspecified atom stereocenters. The maximum atomic E-state index is 14.0. The number of H-pyrrole nitrogens is 1. The van der Waals surface area contributed by atoms with Gasteiger partial charge in [0.25, 0.3) is 0 Å². The van der Waals surface area contributed by atoms with Crippen LogP contribution in [0.4, 0.5) is 18.9 Å². The minimum atomic E-state index is -4.61. The second-order valence-corrected chi connectivity index (χ2v) is 14.6. The Morgan fingerprint density at radius 3 is 2.44 bits per heavy atom. The standard InChI is InChI=1S/C33H24ClF3N2O4S2/c34-17-9-10-22(43-14-15-5-2-1-3-6-15)19(12-17)23-24-20-13-21(27(24)44-29-28(23)45-32(42)38-29)26-25(20)30(40)39(31(26)41)18-8-4-7-16(11-18)33(35,36)37/h1-12,20-21,23-27H,13-14H2,(H,38,42)/t20-,21-,23?,24?,25?,26?,27?/m1/s1. The molecule has 230 valence electrons. The van der Waals surface area contributed by atoms with Gasteiger partial charge < -0.3 is 9.72 Å².